The molecule has 0 radical (unpaired) electrons. The third kappa shape index (κ3) is 5.32. The molecule has 0 bridgehead atoms. The fourth-order valence-electron chi connectivity index (χ4n) is 2.91. The van der Waals surface area contributed by atoms with Crippen molar-refractivity contribution in [3.05, 3.63) is 35.9 Å². The second-order valence-corrected chi connectivity index (χ2v) is 8.39. The Morgan fingerprint density at radius 2 is 1.96 bits per heavy atom. The van der Waals surface area contributed by atoms with Crippen LogP contribution in [-0.4, -0.2) is 61.8 Å². The van der Waals surface area contributed by atoms with Crippen LogP contribution in [0.15, 0.2) is 30.3 Å². The Morgan fingerprint density at radius 1 is 1.26 bits per heavy atom. The number of rotatable bonds is 7. The van der Waals surface area contributed by atoms with Crippen molar-refractivity contribution >= 4 is 15.7 Å². The van der Waals surface area contributed by atoms with E-state index in [2.05, 4.69) is 24.0 Å². The molecule has 0 spiro atoms. The summed E-state index contributed by atoms with van der Waals surface area (Å²) < 4.78 is 23.1. The first-order valence-corrected chi connectivity index (χ1v) is 9.96. The number of benzene rings is 1. The van der Waals surface area contributed by atoms with Gasteiger partial charge in [-0.2, -0.15) is 0 Å². The molecule has 1 unspecified atom stereocenters. The number of sulfone groups is 1. The van der Waals surface area contributed by atoms with Gasteiger partial charge in [0.2, 0.25) is 5.91 Å². The lowest BCUT2D eigenvalue weighted by molar-refractivity contribution is -0.131. The van der Waals surface area contributed by atoms with Gasteiger partial charge in [0.15, 0.2) is 9.84 Å². The van der Waals surface area contributed by atoms with Crippen molar-refractivity contribution < 1.29 is 13.2 Å². The van der Waals surface area contributed by atoms with E-state index in [9.17, 15) is 13.2 Å². The van der Waals surface area contributed by atoms with Gasteiger partial charge in [-0.1, -0.05) is 37.3 Å². The van der Waals surface area contributed by atoms with Gasteiger partial charge >= 0.3 is 0 Å². The highest BCUT2D eigenvalue weighted by molar-refractivity contribution is 7.91. The molecule has 1 heterocycles. The zero-order valence-corrected chi connectivity index (χ0v) is 14.8. The first kappa shape index (κ1) is 17.9. The Kier molecular flexibility index (Phi) is 6.18. The molecule has 0 saturated carbocycles. The van der Waals surface area contributed by atoms with Gasteiger partial charge in [-0.25, -0.2) is 8.42 Å². The molecule has 128 valence electrons. The minimum atomic E-state index is -2.95. The molecule has 0 N–H and O–H groups in total. The van der Waals surface area contributed by atoms with E-state index < -0.39 is 9.84 Å². The van der Waals surface area contributed by atoms with Gasteiger partial charge in [-0.3, -0.25) is 9.69 Å². The second-order valence-electron chi connectivity index (χ2n) is 6.17. The largest absolute Gasteiger partial charge is 0.342 e. The average molecular weight is 338 g/mol. The van der Waals surface area contributed by atoms with Gasteiger partial charge in [0, 0.05) is 32.6 Å². The maximum absolute atomic E-state index is 12.3. The van der Waals surface area contributed by atoms with Crippen molar-refractivity contribution in [2.45, 2.75) is 32.4 Å². The van der Waals surface area contributed by atoms with E-state index in [-0.39, 0.29) is 23.5 Å². The lowest BCUT2D eigenvalue weighted by Gasteiger charge is -2.26. The first-order valence-electron chi connectivity index (χ1n) is 8.13. The van der Waals surface area contributed by atoms with Gasteiger partial charge in [0.25, 0.3) is 0 Å². The maximum Gasteiger partial charge on any atom is 0.223 e. The zero-order chi connectivity index (χ0) is 16.9. The van der Waals surface area contributed by atoms with Gasteiger partial charge in [-0.05, 0) is 18.5 Å². The highest BCUT2D eigenvalue weighted by Crippen LogP contribution is 2.17. The summed E-state index contributed by atoms with van der Waals surface area (Å²) in [6.07, 6.45) is 0.986. The van der Waals surface area contributed by atoms with Gasteiger partial charge < -0.3 is 4.90 Å². The Balaban J connectivity index is 1.82. The SMILES string of the molecule is CCN(CCC(=O)N(C)C1CCS(=O)(=O)C1)Cc1ccccc1. The summed E-state index contributed by atoms with van der Waals surface area (Å²) >= 11 is 0. The zero-order valence-electron chi connectivity index (χ0n) is 13.9. The summed E-state index contributed by atoms with van der Waals surface area (Å²) in [6.45, 7) is 4.48. The standard InChI is InChI=1S/C17H26N2O3S/c1-3-19(13-15-7-5-4-6-8-15)11-9-17(20)18(2)16-10-12-23(21,22)14-16/h4-8,16H,3,9-14H2,1-2H3. The van der Waals surface area contributed by atoms with E-state index in [1.807, 2.05) is 18.2 Å². The van der Waals surface area contributed by atoms with E-state index in [1.54, 1.807) is 11.9 Å². The third-order valence-electron chi connectivity index (χ3n) is 4.49. The molecule has 1 aromatic rings. The molecule has 6 heteroatoms. The van der Waals surface area contributed by atoms with Crippen LogP contribution in [0.5, 0.6) is 0 Å². The molecule has 23 heavy (non-hydrogen) atoms. The summed E-state index contributed by atoms with van der Waals surface area (Å²) in [5, 5.41) is 0. The molecule has 1 fully saturated rings. The average Bonchev–Trinajstić information content (AvgIpc) is 2.91. The van der Waals surface area contributed by atoms with Crippen LogP contribution < -0.4 is 0 Å². The topological polar surface area (TPSA) is 57.7 Å². The quantitative estimate of drug-likeness (QED) is 0.757. The van der Waals surface area contributed by atoms with Crippen LogP contribution in [0.2, 0.25) is 0 Å². The van der Waals surface area contributed by atoms with Gasteiger partial charge in [-0.15, -0.1) is 0 Å². The molecular weight excluding hydrogens is 312 g/mol. The smallest absolute Gasteiger partial charge is 0.223 e. The Morgan fingerprint density at radius 3 is 2.52 bits per heavy atom. The normalized spacial score (nSPS) is 19.9. The fourth-order valence-corrected chi connectivity index (χ4v) is 4.68. The van der Waals surface area contributed by atoms with Crippen molar-refractivity contribution in [2.75, 3.05) is 31.6 Å². The minimum Gasteiger partial charge on any atom is -0.342 e. The molecule has 0 aliphatic carbocycles. The van der Waals surface area contributed by atoms with Crippen LogP contribution in [0.4, 0.5) is 0 Å². The van der Waals surface area contributed by atoms with Crippen molar-refractivity contribution in [3.8, 4) is 0 Å². The Labute approximate surface area is 139 Å². The monoisotopic (exact) mass is 338 g/mol. The Bertz CT molecular complexity index is 616. The Hall–Kier alpha value is -1.40. The number of hydrogen-bond acceptors (Lipinski definition) is 4. The summed E-state index contributed by atoms with van der Waals surface area (Å²) in [4.78, 5) is 16.2. The number of nitrogens with zero attached hydrogens (tertiary/aromatic N) is 2. The predicted molar refractivity (Wildman–Crippen MR) is 91.8 cm³/mol. The van der Waals surface area contributed by atoms with E-state index in [4.69, 9.17) is 0 Å². The minimum absolute atomic E-state index is 0.0265. The van der Waals surface area contributed by atoms with E-state index in [1.165, 1.54) is 5.56 Å². The van der Waals surface area contributed by atoms with E-state index in [0.717, 1.165) is 13.1 Å². The molecular formula is C17H26N2O3S. The summed E-state index contributed by atoms with van der Waals surface area (Å²) in [5.74, 6) is 0.333. The van der Waals surface area contributed by atoms with Crippen LogP contribution in [0.1, 0.15) is 25.3 Å². The highest BCUT2D eigenvalue weighted by atomic mass is 32.2. The first-order chi connectivity index (χ1) is 10.9. The summed E-state index contributed by atoms with van der Waals surface area (Å²) in [7, 11) is -1.23. The molecule has 2 rings (SSSR count). The van der Waals surface area contributed by atoms with Crippen LogP contribution >= 0.6 is 0 Å². The summed E-state index contributed by atoms with van der Waals surface area (Å²) in [6, 6.07) is 10.0. The summed E-state index contributed by atoms with van der Waals surface area (Å²) in [5.41, 5.74) is 1.23. The van der Waals surface area contributed by atoms with Crippen LogP contribution in [0, 0.1) is 0 Å². The van der Waals surface area contributed by atoms with E-state index in [0.29, 0.717) is 19.4 Å². The second kappa shape index (κ2) is 7.93. The number of carbonyl (C=O) groups is 1. The lowest BCUT2D eigenvalue weighted by Crippen LogP contribution is -2.39. The molecule has 1 aromatic carbocycles. The van der Waals surface area contributed by atoms with Gasteiger partial charge in [0.1, 0.15) is 0 Å². The van der Waals surface area contributed by atoms with Gasteiger partial charge in [0.05, 0.1) is 11.5 Å². The molecule has 1 atom stereocenters. The third-order valence-corrected chi connectivity index (χ3v) is 6.24. The fraction of sp³-hybridized carbons (Fsp3) is 0.588. The van der Waals surface area contributed by atoms with E-state index >= 15 is 0 Å². The number of amides is 1. The van der Waals surface area contributed by atoms with Crippen molar-refractivity contribution in [1.29, 1.82) is 0 Å². The van der Waals surface area contributed by atoms with Crippen molar-refractivity contribution in [1.82, 2.24) is 9.80 Å². The molecule has 5 nitrogen and oxygen atoms in total. The van der Waals surface area contributed by atoms with Crippen LogP contribution in [-0.2, 0) is 21.2 Å². The van der Waals surface area contributed by atoms with Crippen molar-refractivity contribution in [3.63, 3.8) is 0 Å². The number of hydrogen-bond donors (Lipinski definition) is 0. The molecule has 1 saturated heterocycles. The molecule has 1 amide bonds. The predicted octanol–water partition coefficient (Wildman–Crippen LogP) is 1.54. The molecule has 1 aliphatic heterocycles. The number of carbonyl (C=O) groups excluding carboxylic acids is 1. The maximum atomic E-state index is 12.3. The van der Waals surface area contributed by atoms with Crippen LogP contribution in [0.25, 0.3) is 0 Å². The lowest BCUT2D eigenvalue weighted by atomic mass is 10.2. The molecule has 0 aromatic heterocycles. The molecule has 1 aliphatic rings. The highest BCUT2D eigenvalue weighted by Gasteiger charge is 2.32. The van der Waals surface area contributed by atoms with Crippen molar-refractivity contribution in [2.24, 2.45) is 0 Å². The van der Waals surface area contributed by atoms with Crippen LogP contribution in [0.3, 0.4) is 0 Å².